The fraction of sp³-hybridized carbons (Fsp3) is 0.524. The molecule has 152 valence electrons. The topological polar surface area (TPSA) is 89.4 Å². The minimum Gasteiger partial charge on any atom is -0.366 e. The van der Waals surface area contributed by atoms with Crippen LogP contribution < -0.4 is 10.2 Å². The second-order valence-electron chi connectivity index (χ2n) is 8.48. The van der Waals surface area contributed by atoms with Gasteiger partial charge in [-0.3, -0.25) is 19.5 Å². The summed E-state index contributed by atoms with van der Waals surface area (Å²) in [6.45, 7) is 5.10. The molecule has 1 fully saturated rings. The zero-order chi connectivity index (χ0) is 20.3. The van der Waals surface area contributed by atoms with Crippen molar-refractivity contribution < 1.29 is 14.3 Å². The molecule has 4 heterocycles. The lowest BCUT2D eigenvalue weighted by Gasteiger charge is -2.25. The predicted molar refractivity (Wildman–Crippen MR) is 105 cm³/mol. The van der Waals surface area contributed by atoms with Gasteiger partial charge in [0.05, 0.1) is 17.9 Å². The Morgan fingerprint density at radius 1 is 1.31 bits per heavy atom. The van der Waals surface area contributed by atoms with Gasteiger partial charge < -0.3 is 10.1 Å². The van der Waals surface area contributed by atoms with Crippen molar-refractivity contribution in [3.63, 3.8) is 0 Å². The molecule has 2 atom stereocenters. The molecule has 8 heteroatoms. The van der Waals surface area contributed by atoms with E-state index in [-0.39, 0.29) is 17.4 Å². The maximum absolute atomic E-state index is 12.9. The van der Waals surface area contributed by atoms with Crippen LogP contribution in [0, 0.1) is 12.8 Å². The summed E-state index contributed by atoms with van der Waals surface area (Å²) in [5, 5.41) is 7.31. The Labute approximate surface area is 169 Å². The molecule has 1 aliphatic carbocycles. The fourth-order valence-corrected chi connectivity index (χ4v) is 4.52. The first kappa shape index (κ1) is 18.3. The van der Waals surface area contributed by atoms with Crippen molar-refractivity contribution in [1.29, 1.82) is 0 Å². The average molecular weight is 395 g/mol. The number of carbonyl (C=O) groups is 2. The Bertz CT molecular complexity index is 1010. The Morgan fingerprint density at radius 2 is 2.10 bits per heavy atom. The van der Waals surface area contributed by atoms with Crippen LogP contribution in [-0.4, -0.2) is 39.7 Å². The molecule has 1 unspecified atom stereocenters. The van der Waals surface area contributed by atoms with Gasteiger partial charge in [-0.25, -0.2) is 4.68 Å². The van der Waals surface area contributed by atoms with Crippen LogP contribution in [-0.2, 0) is 28.3 Å². The minimum absolute atomic E-state index is 0.149. The second-order valence-corrected chi connectivity index (χ2v) is 8.48. The molecule has 0 bridgehead atoms. The monoisotopic (exact) mass is 395 g/mol. The van der Waals surface area contributed by atoms with Crippen LogP contribution in [0.5, 0.6) is 0 Å². The molecule has 1 saturated carbocycles. The number of anilines is 1. The molecular formula is C21H25N5O3. The number of carbonyl (C=O) groups excluding carboxylic acids is 2. The Balaban J connectivity index is 1.36. The number of hydrogen-bond acceptors (Lipinski definition) is 5. The third-order valence-electron chi connectivity index (χ3n) is 6.43. The Hall–Kier alpha value is -2.74. The SMILES string of the molecule is Cc1cc2n(n1)CC[C@H](NC(=O)c1cc3c(cn1)COC3(C)C1CC1)C(=O)N2C. The van der Waals surface area contributed by atoms with Gasteiger partial charge in [-0.2, -0.15) is 5.10 Å². The third-order valence-corrected chi connectivity index (χ3v) is 6.43. The van der Waals surface area contributed by atoms with Crippen LogP contribution >= 0.6 is 0 Å². The summed E-state index contributed by atoms with van der Waals surface area (Å²) >= 11 is 0. The van der Waals surface area contributed by atoms with E-state index in [0.29, 0.717) is 31.2 Å². The molecule has 2 amide bonds. The predicted octanol–water partition coefficient (Wildman–Crippen LogP) is 1.91. The van der Waals surface area contributed by atoms with E-state index in [1.54, 1.807) is 18.1 Å². The first-order valence-corrected chi connectivity index (χ1v) is 10.1. The highest BCUT2D eigenvalue weighted by Gasteiger charge is 2.48. The van der Waals surface area contributed by atoms with E-state index in [1.807, 2.05) is 23.7 Å². The summed E-state index contributed by atoms with van der Waals surface area (Å²) in [6, 6.07) is 3.11. The van der Waals surface area contributed by atoms with Gasteiger partial charge in [0, 0.05) is 31.4 Å². The molecule has 0 spiro atoms. The van der Waals surface area contributed by atoms with Gasteiger partial charge in [0.1, 0.15) is 17.6 Å². The van der Waals surface area contributed by atoms with Gasteiger partial charge >= 0.3 is 0 Å². The van der Waals surface area contributed by atoms with Crippen LogP contribution in [0.15, 0.2) is 18.3 Å². The molecule has 3 aliphatic rings. The van der Waals surface area contributed by atoms with Gasteiger partial charge in [-0.1, -0.05) is 0 Å². The number of nitrogens with one attached hydrogen (secondary N) is 1. The van der Waals surface area contributed by atoms with Gasteiger partial charge in [0.2, 0.25) is 0 Å². The van der Waals surface area contributed by atoms with Crippen LogP contribution in [0.3, 0.4) is 0 Å². The van der Waals surface area contributed by atoms with E-state index < -0.39 is 6.04 Å². The van der Waals surface area contributed by atoms with Crippen molar-refractivity contribution in [2.24, 2.45) is 5.92 Å². The smallest absolute Gasteiger partial charge is 0.270 e. The number of amides is 2. The normalized spacial score (nSPS) is 26.1. The summed E-state index contributed by atoms with van der Waals surface area (Å²) in [7, 11) is 1.71. The van der Waals surface area contributed by atoms with Crippen LogP contribution in [0.2, 0.25) is 0 Å². The van der Waals surface area contributed by atoms with Crippen molar-refractivity contribution in [3.8, 4) is 0 Å². The number of fused-ring (bicyclic) bond motifs is 2. The molecule has 0 aromatic carbocycles. The van der Waals surface area contributed by atoms with E-state index in [2.05, 4.69) is 22.3 Å². The highest BCUT2D eigenvalue weighted by atomic mass is 16.5. The van der Waals surface area contributed by atoms with Crippen LogP contribution in [0.1, 0.15) is 53.5 Å². The average Bonchev–Trinajstić information content (AvgIpc) is 3.45. The molecule has 1 N–H and O–H groups in total. The van der Waals surface area contributed by atoms with Crippen molar-refractivity contribution >= 4 is 17.6 Å². The number of aryl methyl sites for hydroxylation is 2. The Morgan fingerprint density at radius 3 is 2.86 bits per heavy atom. The minimum atomic E-state index is -0.615. The Kier molecular flexibility index (Phi) is 4.03. The fourth-order valence-electron chi connectivity index (χ4n) is 4.52. The van der Waals surface area contributed by atoms with Crippen molar-refractivity contribution in [1.82, 2.24) is 20.1 Å². The van der Waals surface area contributed by atoms with Crippen molar-refractivity contribution in [2.45, 2.75) is 57.9 Å². The number of nitrogens with zero attached hydrogens (tertiary/aromatic N) is 4. The maximum Gasteiger partial charge on any atom is 0.270 e. The highest BCUT2D eigenvalue weighted by molar-refractivity contribution is 6.01. The summed E-state index contributed by atoms with van der Waals surface area (Å²) in [6.07, 6.45) is 4.52. The molecule has 2 aliphatic heterocycles. The molecule has 2 aromatic heterocycles. The molecule has 0 saturated heterocycles. The molecule has 2 aromatic rings. The zero-order valence-electron chi connectivity index (χ0n) is 16.9. The van der Waals surface area contributed by atoms with Crippen molar-refractivity contribution in [2.75, 3.05) is 11.9 Å². The van der Waals surface area contributed by atoms with E-state index >= 15 is 0 Å². The molecule has 8 nitrogen and oxygen atoms in total. The number of ether oxygens (including phenoxy) is 1. The standard InChI is InChI=1S/C21H25N5O3/c1-12-8-18-25(3)20(28)16(6-7-26(18)24-12)23-19(27)17-9-15-13(10-22-17)11-29-21(15,2)14-4-5-14/h8-10,14,16H,4-7,11H2,1-3H3,(H,23,27)/t16-,21?/m0/s1. The molecule has 29 heavy (non-hydrogen) atoms. The van der Waals surface area contributed by atoms with Gasteiger partial charge in [0.25, 0.3) is 11.8 Å². The van der Waals surface area contributed by atoms with Gasteiger partial charge in [-0.05, 0) is 50.7 Å². The molecule has 0 radical (unpaired) electrons. The van der Waals surface area contributed by atoms with Crippen LogP contribution in [0.25, 0.3) is 0 Å². The lowest BCUT2D eigenvalue weighted by molar-refractivity contribution is -0.120. The summed E-state index contributed by atoms with van der Waals surface area (Å²) in [5.74, 6) is 0.770. The summed E-state index contributed by atoms with van der Waals surface area (Å²) in [5.41, 5.74) is 2.96. The molecular weight excluding hydrogens is 370 g/mol. The lowest BCUT2D eigenvalue weighted by Crippen LogP contribution is -2.47. The summed E-state index contributed by atoms with van der Waals surface area (Å²) < 4.78 is 7.87. The summed E-state index contributed by atoms with van der Waals surface area (Å²) in [4.78, 5) is 31.7. The first-order valence-electron chi connectivity index (χ1n) is 10.1. The van der Waals surface area contributed by atoms with E-state index in [0.717, 1.165) is 35.5 Å². The van der Waals surface area contributed by atoms with Crippen molar-refractivity contribution in [3.05, 3.63) is 40.8 Å². The number of rotatable bonds is 3. The largest absolute Gasteiger partial charge is 0.366 e. The molecule has 5 rings (SSSR count). The second kappa shape index (κ2) is 6.38. The van der Waals surface area contributed by atoms with E-state index in [1.165, 1.54) is 0 Å². The maximum atomic E-state index is 12.9. The quantitative estimate of drug-likeness (QED) is 0.858. The first-order chi connectivity index (χ1) is 13.9. The lowest BCUT2D eigenvalue weighted by atomic mass is 9.90. The third kappa shape index (κ3) is 2.93. The zero-order valence-corrected chi connectivity index (χ0v) is 16.9. The number of hydrogen-bond donors (Lipinski definition) is 1. The number of likely N-dealkylation sites (N-methyl/N-ethyl adjacent to an activating group) is 1. The van der Waals surface area contributed by atoms with E-state index in [9.17, 15) is 9.59 Å². The van der Waals surface area contributed by atoms with Gasteiger partial charge in [0.15, 0.2) is 0 Å². The number of aromatic nitrogens is 3. The van der Waals surface area contributed by atoms with Crippen LogP contribution in [0.4, 0.5) is 5.82 Å². The highest BCUT2D eigenvalue weighted by Crippen LogP contribution is 2.52. The van der Waals surface area contributed by atoms with E-state index in [4.69, 9.17) is 4.74 Å². The van der Waals surface area contributed by atoms with Gasteiger partial charge in [-0.15, -0.1) is 0 Å². The number of pyridine rings is 1.